The molecule has 0 saturated carbocycles. The van der Waals surface area contributed by atoms with Gasteiger partial charge in [0.2, 0.25) is 0 Å². The smallest absolute Gasteiger partial charge is 0.322 e. The SMILES string of the molecule is COc1cc2ccccc2cc1NC(=O)N1CCN(c2cc(C)cc(C)c2)CC1. The van der Waals surface area contributed by atoms with Gasteiger partial charge in [0.25, 0.3) is 0 Å². The summed E-state index contributed by atoms with van der Waals surface area (Å²) in [6.07, 6.45) is 0. The lowest BCUT2D eigenvalue weighted by molar-refractivity contribution is 0.208. The molecule has 0 aromatic heterocycles. The Hall–Kier alpha value is -3.21. The van der Waals surface area contributed by atoms with Crippen LogP contribution in [0.3, 0.4) is 0 Å². The molecule has 1 fully saturated rings. The molecule has 0 unspecified atom stereocenters. The highest BCUT2D eigenvalue weighted by Crippen LogP contribution is 2.30. The van der Waals surface area contributed by atoms with Crippen molar-refractivity contribution in [2.24, 2.45) is 0 Å². The third-order valence-electron chi connectivity index (χ3n) is 5.45. The maximum atomic E-state index is 12.9. The van der Waals surface area contributed by atoms with E-state index in [-0.39, 0.29) is 6.03 Å². The zero-order chi connectivity index (χ0) is 20.4. The van der Waals surface area contributed by atoms with Gasteiger partial charge >= 0.3 is 6.03 Å². The Morgan fingerprint density at radius 2 is 1.52 bits per heavy atom. The number of nitrogens with zero attached hydrogens (tertiary/aromatic N) is 2. The molecule has 1 aliphatic heterocycles. The Balaban J connectivity index is 1.44. The van der Waals surface area contributed by atoms with Crippen LogP contribution in [0, 0.1) is 13.8 Å². The number of urea groups is 1. The van der Waals surface area contributed by atoms with Gasteiger partial charge in [-0.05, 0) is 60.0 Å². The van der Waals surface area contributed by atoms with Gasteiger partial charge in [-0.3, -0.25) is 0 Å². The molecular weight excluding hydrogens is 362 g/mol. The monoisotopic (exact) mass is 389 g/mol. The van der Waals surface area contributed by atoms with Gasteiger partial charge in [-0.15, -0.1) is 0 Å². The van der Waals surface area contributed by atoms with E-state index in [0.717, 1.165) is 23.9 Å². The number of rotatable bonds is 3. The molecule has 1 N–H and O–H groups in total. The average Bonchev–Trinajstić information content (AvgIpc) is 2.72. The van der Waals surface area contributed by atoms with Crippen molar-refractivity contribution in [3.8, 4) is 5.75 Å². The molecular formula is C24H27N3O2. The third kappa shape index (κ3) is 4.14. The molecule has 0 radical (unpaired) electrons. The first kappa shape index (κ1) is 19.1. The molecule has 5 heteroatoms. The van der Waals surface area contributed by atoms with Crippen LogP contribution in [0.4, 0.5) is 16.2 Å². The lowest BCUT2D eigenvalue weighted by atomic mass is 10.1. The highest BCUT2D eigenvalue weighted by Gasteiger charge is 2.22. The van der Waals surface area contributed by atoms with Gasteiger partial charge in [0.1, 0.15) is 5.75 Å². The largest absolute Gasteiger partial charge is 0.495 e. The second-order valence-electron chi connectivity index (χ2n) is 7.65. The van der Waals surface area contributed by atoms with Crippen LogP contribution in [0.25, 0.3) is 10.8 Å². The molecule has 29 heavy (non-hydrogen) atoms. The number of ether oxygens (including phenoxy) is 1. The number of aryl methyl sites for hydroxylation is 2. The lowest BCUT2D eigenvalue weighted by Crippen LogP contribution is -2.50. The number of hydrogen-bond donors (Lipinski definition) is 1. The van der Waals surface area contributed by atoms with Crippen molar-refractivity contribution in [3.05, 3.63) is 65.7 Å². The van der Waals surface area contributed by atoms with Crippen LogP contribution in [0.5, 0.6) is 5.75 Å². The number of methoxy groups -OCH3 is 1. The van der Waals surface area contributed by atoms with Crippen molar-refractivity contribution < 1.29 is 9.53 Å². The number of benzene rings is 3. The van der Waals surface area contributed by atoms with E-state index in [2.05, 4.69) is 42.3 Å². The first-order chi connectivity index (χ1) is 14.0. The third-order valence-corrected chi connectivity index (χ3v) is 5.45. The molecule has 150 valence electrons. The van der Waals surface area contributed by atoms with Crippen LogP contribution in [0.2, 0.25) is 0 Å². The zero-order valence-corrected chi connectivity index (χ0v) is 17.2. The normalized spacial score (nSPS) is 14.2. The zero-order valence-electron chi connectivity index (χ0n) is 17.2. The highest BCUT2D eigenvalue weighted by atomic mass is 16.5. The maximum Gasteiger partial charge on any atom is 0.322 e. The van der Waals surface area contributed by atoms with E-state index in [9.17, 15) is 4.79 Å². The number of amides is 2. The standard InChI is InChI=1S/C24H27N3O2/c1-17-12-18(2)14-21(13-17)26-8-10-27(11-9-26)24(28)25-22-15-19-6-4-5-7-20(19)16-23(22)29-3/h4-7,12-16H,8-11H2,1-3H3,(H,25,28). The number of carbonyl (C=O) groups is 1. The molecule has 2 amide bonds. The van der Waals surface area contributed by atoms with Gasteiger partial charge in [0, 0.05) is 31.9 Å². The lowest BCUT2D eigenvalue weighted by Gasteiger charge is -2.36. The highest BCUT2D eigenvalue weighted by molar-refractivity contribution is 5.96. The van der Waals surface area contributed by atoms with Crippen LogP contribution >= 0.6 is 0 Å². The van der Waals surface area contributed by atoms with Crippen molar-refractivity contribution in [2.75, 3.05) is 43.5 Å². The molecule has 0 spiro atoms. The van der Waals surface area contributed by atoms with Crippen molar-refractivity contribution in [1.82, 2.24) is 4.90 Å². The van der Waals surface area contributed by atoms with E-state index in [1.807, 2.05) is 41.3 Å². The molecule has 4 rings (SSSR count). The average molecular weight is 389 g/mol. The topological polar surface area (TPSA) is 44.8 Å². The minimum absolute atomic E-state index is 0.0846. The van der Waals surface area contributed by atoms with Gasteiger partial charge in [-0.2, -0.15) is 0 Å². The second kappa shape index (κ2) is 8.03. The Kier molecular flexibility index (Phi) is 5.30. The van der Waals surface area contributed by atoms with Crippen LogP contribution in [0.15, 0.2) is 54.6 Å². The van der Waals surface area contributed by atoms with Crippen LogP contribution in [0.1, 0.15) is 11.1 Å². The molecule has 0 aliphatic carbocycles. The molecule has 1 saturated heterocycles. The molecule has 0 atom stereocenters. The van der Waals surface area contributed by atoms with E-state index >= 15 is 0 Å². The summed E-state index contributed by atoms with van der Waals surface area (Å²) in [6.45, 7) is 7.27. The minimum atomic E-state index is -0.0846. The van der Waals surface area contributed by atoms with E-state index < -0.39 is 0 Å². The molecule has 3 aromatic carbocycles. The second-order valence-corrected chi connectivity index (χ2v) is 7.65. The number of piperazine rings is 1. The predicted molar refractivity (Wildman–Crippen MR) is 119 cm³/mol. The first-order valence-corrected chi connectivity index (χ1v) is 9.99. The summed E-state index contributed by atoms with van der Waals surface area (Å²) >= 11 is 0. The fourth-order valence-electron chi connectivity index (χ4n) is 3.98. The summed E-state index contributed by atoms with van der Waals surface area (Å²) in [6, 6.07) is 18.5. The fourth-order valence-corrected chi connectivity index (χ4v) is 3.98. The van der Waals surface area contributed by atoms with E-state index in [1.165, 1.54) is 16.8 Å². The Labute approximate surface area is 171 Å². The maximum absolute atomic E-state index is 12.9. The molecule has 3 aromatic rings. The van der Waals surface area contributed by atoms with Crippen molar-refractivity contribution in [2.45, 2.75) is 13.8 Å². The van der Waals surface area contributed by atoms with E-state index in [0.29, 0.717) is 24.5 Å². The first-order valence-electron chi connectivity index (χ1n) is 9.99. The predicted octanol–water partition coefficient (Wildman–Crippen LogP) is 4.82. The summed E-state index contributed by atoms with van der Waals surface area (Å²) in [5.74, 6) is 0.672. The van der Waals surface area contributed by atoms with Crippen LogP contribution < -0.4 is 15.0 Å². The summed E-state index contributed by atoms with van der Waals surface area (Å²) in [7, 11) is 1.63. The summed E-state index contributed by atoms with van der Waals surface area (Å²) in [5, 5.41) is 5.20. The summed E-state index contributed by atoms with van der Waals surface area (Å²) in [4.78, 5) is 17.1. The number of hydrogen-bond acceptors (Lipinski definition) is 3. The van der Waals surface area contributed by atoms with Gasteiger partial charge in [0.15, 0.2) is 0 Å². The Morgan fingerprint density at radius 1 is 0.897 bits per heavy atom. The van der Waals surface area contributed by atoms with Crippen molar-refractivity contribution in [3.63, 3.8) is 0 Å². The number of fused-ring (bicyclic) bond motifs is 1. The molecule has 0 bridgehead atoms. The van der Waals surface area contributed by atoms with Crippen molar-refractivity contribution in [1.29, 1.82) is 0 Å². The van der Waals surface area contributed by atoms with Gasteiger partial charge in [-0.1, -0.05) is 30.3 Å². The number of nitrogens with one attached hydrogen (secondary N) is 1. The van der Waals surface area contributed by atoms with E-state index in [4.69, 9.17) is 4.74 Å². The minimum Gasteiger partial charge on any atom is -0.495 e. The van der Waals surface area contributed by atoms with Gasteiger partial charge in [-0.25, -0.2) is 4.79 Å². The van der Waals surface area contributed by atoms with Gasteiger partial charge in [0.05, 0.1) is 12.8 Å². The van der Waals surface area contributed by atoms with Crippen LogP contribution in [-0.2, 0) is 0 Å². The Bertz CT molecular complexity index is 1020. The molecule has 5 nitrogen and oxygen atoms in total. The fraction of sp³-hybridized carbons (Fsp3) is 0.292. The Morgan fingerprint density at radius 3 is 2.14 bits per heavy atom. The van der Waals surface area contributed by atoms with Crippen molar-refractivity contribution >= 4 is 28.2 Å². The quantitative estimate of drug-likeness (QED) is 0.699. The van der Waals surface area contributed by atoms with Crippen LogP contribution in [-0.4, -0.2) is 44.2 Å². The van der Waals surface area contributed by atoms with Gasteiger partial charge < -0.3 is 19.9 Å². The summed E-state index contributed by atoms with van der Waals surface area (Å²) in [5.41, 5.74) is 4.47. The van der Waals surface area contributed by atoms with E-state index in [1.54, 1.807) is 7.11 Å². The molecule has 1 aliphatic rings. The number of carbonyl (C=O) groups excluding carboxylic acids is 1. The molecule has 1 heterocycles. The summed E-state index contributed by atoms with van der Waals surface area (Å²) < 4.78 is 5.50. The number of anilines is 2.